The molecule has 0 radical (unpaired) electrons. The molecular weight excluding hydrogens is 310 g/mol. The van der Waals surface area contributed by atoms with Crippen molar-refractivity contribution in [1.82, 2.24) is 15.5 Å². The fraction of sp³-hybridized carbons (Fsp3) is 0.412. The molecule has 7 heteroatoms. The van der Waals surface area contributed by atoms with E-state index in [4.69, 9.17) is 9.26 Å². The summed E-state index contributed by atoms with van der Waals surface area (Å²) in [5.74, 6) is 0.284. The molecule has 1 aromatic carbocycles. The molecule has 2 heterocycles. The van der Waals surface area contributed by atoms with E-state index in [2.05, 4.69) is 15.5 Å². The van der Waals surface area contributed by atoms with E-state index in [1.165, 1.54) is 0 Å². The van der Waals surface area contributed by atoms with Crippen molar-refractivity contribution in [2.24, 2.45) is 5.41 Å². The number of hydrogen-bond donors (Lipinski definition) is 1. The van der Waals surface area contributed by atoms with Gasteiger partial charge in [0.1, 0.15) is 6.10 Å². The van der Waals surface area contributed by atoms with Crippen LogP contribution in [-0.2, 0) is 9.53 Å². The highest BCUT2D eigenvalue weighted by molar-refractivity contribution is 6.00. The van der Waals surface area contributed by atoms with Crippen LogP contribution in [0.3, 0.4) is 0 Å². The molecule has 0 saturated carbocycles. The zero-order valence-corrected chi connectivity index (χ0v) is 13.8. The topological polar surface area (TPSA) is 94.3 Å². The van der Waals surface area contributed by atoms with Gasteiger partial charge in [-0.25, -0.2) is 0 Å². The van der Waals surface area contributed by atoms with Crippen molar-refractivity contribution in [1.29, 1.82) is 0 Å². The van der Waals surface area contributed by atoms with Crippen molar-refractivity contribution < 1.29 is 18.8 Å². The van der Waals surface area contributed by atoms with E-state index in [0.29, 0.717) is 29.3 Å². The van der Waals surface area contributed by atoms with Crippen LogP contribution in [0, 0.1) is 12.3 Å². The van der Waals surface area contributed by atoms with Gasteiger partial charge in [-0.15, -0.1) is 0 Å². The average Bonchev–Trinajstić information content (AvgIpc) is 3.07. The van der Waals surface area contributed by atoms with Crippen LogP contribution < -0.4 is 5.32 Å². The Balaban J connectivity index is 1.75. The molecule has 1 unspecified atom stereocenters. The fourth-order valence-corrected chi connectivity index (χ4v) is 2.72. The number of amides is 1. The maximum Gasteiger partial charge on any atom is 0.306 e. The normalized spacial score (nSPS) is 19.1. The molecule has 126 valence electrons. The van der Waals surface area contributed by atoms with Crippen LogP contribution in [0.15, 0.2) is 28.8 Å². The number of esters is 1. The Hall–Kier alpha value is -2.70. The smallest absolute Gasteiger partial charge is 0.306 e. The summed E-state index contributed by atoms with van der Waals surface area (Å²) in [4.78, 5) is 28.2. The molecule has 1 aliphatic rings. The van der Waals surface area contributed by atoms with Crippen LogP contribution in [0.25, 0.3) is 11.5 Å². The lowest BCUT2D eigenvalue weighted by Crippen LogP contribution is -2.38. The van der Waals surface area contributed by atoms with Gasteiger partial charge in [-0.2, -0.15) is 4.98 Å². The molecule has 1 amide bonds. The molecule has 1 saturated heterocycles. The number of ether oxygens (including phenoxy) is 1. The second-order valence-corrected chi connectivity index (χ2v) is 6.55. The molecule has 7 nitrogen and oxygen atoms in total. The van der Waals surface area contributed by atoms with Crippen molar-refractivity contribution in [3.63, 3.8) is 0 Å². The Kier molecular flexibility index (Phi) is 4.09. The molecule has 1 fully saturated rings. The van der Waals surface area contributed by atoms with Gasteiger partial charge in [-0.05, 0) is 19.1 Å². The van der Waals surface area contributed by atoms with E-state index in [-0.39, 0.29) is 29.9 Å². The number of nitrogens with zero attached hydrogens (tertiary/aromatic N) is 2. The van der Waals surface area contributed by atoms with Gasteiger partial charge in [0.15, 0.2) is 5.82 Å². The zero-order valence-electron chi connectivity index (χ0n) is 13.8. The van der Waals surface area contributed by atoms with Crippen LogP contribution in [0.2, 0.25) is 0 Å². The maximum absolute atomic E-state index is 12.6. The second-order valence-electron chi connectivity index (χ2n) is 6.55. The molecule has 3 rings (SSSR count). The summed E-state index contributed by atoms with van der Waals surface area (Å²) in [6.07, 6.45) is 0.0116. The summed E-state index contributed by atoms with van der Waals surface area (Å²) in [5.41, 5.74) is 0.703. The summed E-state index contributed by atoms with van der Waals surface area (Å²) in [5, 5.41) is 6.58. The van der Waals surface area contributed by atoms with Gasteiger partial charge in [0.25, 0.3) is 11.8 Å². The van der Waals surface area contributed by atoms with E-state index in [0.717, 1.165) is 0 Å². The van der Waals surface area contributed by atoms with Crippen molar-refractivity contribution in [2.75, 3.05) is 6.54 Å². The lowest BCUT2D eigenvalue weighted by atomic mass is 9.85. The van der Waals surface area contributed by atoms with E-state index in [9.17, 15) is 9.59 Å². The van der Waals surface area contributed by atoms with Crippen molar-refractivity contribution >= 4 is 11.9 Å². The third-order valence-corrected chi connectivity index (χ3v) is 4.12. The maximum atomic E-state index is 12.6. The number of aryl methyl sites for hydroxylation is 1. The van der Waals surface area contributed by atoms with Gasteiger partial charge in [-0.3, -0.25) is 9.59 Å². The van der Waals surface area contributed by atoms with Gasteiger partial charge in [0.05, 0.1) is 24.1 Å². The molecule has 0 aliphatic carbocycles. The lowest BCUT2D eigenvalue weighted by Gasteiger charge is -2.23. The highest BCUT2D eigenvalue weighted by atomic mass is 16.6. The van der Waals surface area contributed by atoms with Crippen molar-refractivity contribution in [2.45, 2.75) is 33.3 Å². The number of nitrogens with one attached hydrogen (secondary N) is 1. The molecule has 1 N–H and O–H groups in total. The van der Waals surface area contributed by atoms with Gasteiger partial charge >= 0.3 is 5.97 Å². The summed E-state index contributed by atoms with van der Waals surface area (Å²) in [7, 11) is 0. The van der Waals surface area contributed by atoms with E-state index in [1.807, 2.05) is 13.8 Å². The molecule has 1 aromatic heterocycles. The number of hydrogen-bond acceptors (Lipinski definition) is 6. The summed E-state index contributed by atoms with van der Waals surface area (Å²) in [6.45, 7) is 5.87. The van der Waals surface area contributed by atoms with Crippen LogP contribution in [0.4, 0.5) is 0 Å². The number of carbonyl (C=O) groups is 2. The van der Waals surface area contributed by atoms with E-state index < -0.39 is 0 Å². The molecule has 0 bridgehead atoms. The summed E-state index contributed by atoms with van der Waals surface area (Å²) >= 11 is 0. The zero-order chi connectivity index (χ0) is 17.3. The van der Waals surface area contributed by atoms with E-state index in [1.54, 1.807) is 31.2 Å². The minimum atomic E-state index is -0.341. The molecule has 1 atom stereocenters. The highest BCUT2D eigenvalue weighted by Gasteiger charge is 2.41. The molecule has 0 spiro atoms. The lowest BCUT2D eigenvalue weighted by molar-refractivity contribution is -0.141. The Morgan fingerprint density at radius 3 is 2.75 bits per heavy atom. The first kappa shape index (κ1) is 16.2. The van der Waals surface area contributed by atoms with Gasteiger partial charge in [0.2, 0.25) is 0 Å². The van der Waals surface area contributed by atoms with Gasteiger partial charge in [-0.1, -0.05) is 31.1 Å². The van der Waals surface area contributed by atoms with Crippen molar-refractivity contribution in [3.8, 4) is 11.5 Å². The monoisotopic (exact) mass is 329 g/mol. The predicted molar refractivity (Wildman–Crippen MR) is 85.1 cm³/mol. The molecule has 1 aliphatic heterocycles. The SMILES string of the molecule is Cc1noc(-c2ccccc2C(=O)NCC2OC(=O)CC2(C)C)n1. The fourth-order valence-electron chi connectivity index (χ4n) is 2.72. The van der Waals surface area contributed by atoms with Crippen LogP contribution in [0.1, 0.15) is 36.5 Å². The van der Waals surface area contributed by atoms with Crippen LogP contribution >= 0.6 is 0 Å². The van der Waals surface area contributed by atoms with Crippen molar-refractivity contribution in [3.05, 3.63) is 35.7 Å². The summed E-state index contributed by atoms with van der Waals surface area (Å²) < 4.78 is 10.4. The average molecular weight is 329 g/mol. The number of carbonyl (C=O) groups excluding carboxylic acids is 2. The Labute approximate surface area is 139 Å². The van der Waals surface area contributed by atoms with Gasteiger partial charge < -0.3 is 14.6 Å². The predicted octanol–water partition coefficient (Wildman–Crippen LogP) is 2.12. The number of rotatable bonds is 4. The minimum Gasteiger partial charge on any atom is -0.460 e. The first-order valence-electron chi connectivity index (χ1n) is 7.74. The molecule has 2 aromatic rings. The van der Waals surface area contributed by atoms with Crippen LogP contribution in [0.5, 0.6) is 0 Å². The number of cyclic esters (lactones) is 1. The second kappa shape index (κ2) is 6.07. The third-order valence-electron chi connectivity index (χ3n) is 4.12. The minimum absolute atomic E-state index is 0.235. The first-order chi connectivity index (χ1) is 11.4. The number of benzene rings is 1. The molecular formula is C17H19N3O4. The van der Waals surface area contributed by atoms with E-state index >= 15 is 0 Å². The molecule has 24 heavy (non-hydrogen) atoms. The highest BCUT2D eigenvalue weighted by Crippen LogP contribution is 2.34. The Morgan fingerprint density at radius 2 is 2.12 bits per heavy atom. The first-order valence-corrected chi connectivity index (χ1v) is 7.74. The Bertz CT molecular complexity index is 782. The number of aromatic nitrogens is 2. The van der Waals surface area contributed by atoms with Crippen LogP contribution in [-0.4, -0.2) is 34.7 Å². The quantitative estimate of drug-likeness (QED) is 0.863. The van der Waals surface area contributed by atoms with Gasteiger partial charge in [0, 0.05) is 5.41 Å². The third kappa shape index (κ3) is 3.15. The summed E-state index contributed by atoms with van der Waals surface area (Å²) in [6, 6.07) is 7.01. The standard InChI is InChI=1S/C17H19N3O4/c1-10-19-16(24-20-10)12-7-5-4-6-11(12)15(22)18-9-13-17(2,3)8-14(21)23-13/h4-7,13H,8-9H2,1-3H3,(H,18,22). The Morgan fingerprint density at radius 1 is 1.38 bits per heavy atom. The largest absolute Gasteiger partial charge is 0.460 e.